The minimum Gasteiger partial charge on any atom is -0.390 e. The van der Waals surface area contributed by atoms with Crippen LogP contribution >= 0.6 is 0 Å². The van der Waals surface area contributed by atoms with Crippen LogP contribution in [0.3, 0.4) is 0 Å². The molecule has 1 aliphatic carbocycles. The number of rotatable bonds is 4. The van der Waals surface area contributed by atoms with Gasteiger partial charge in [-0.15, -0.1) is 0 Å². The molecular weight excluding hydrogens is 212 g/mol. The van der Waals surface area contributed by atoms with Crippen LogP contribution in [0.1, 0.15) is 65.2 Å². The first-order valence-corrected chi connectivity index (χ1v) is 7.44. The third-order valence-corrected chi connectivity index (χ3v) is 4.90. The lowest BCUT2D eigenvalue weighted by Crippen LogP contribution is -2.41. The Morgan fingerprint density at radius 1 is 1.29 bits per heavy atom. The van der Waals surface area contributed by atoms with Crippen LogP contribution in [-0.4, -0.2) is 23.4 Å². The van der Waals surface area contributed by atoms with E-state index in [0.717, 1.165) is 38.2 Å². The summed E-state index contributed by atoms with van der Waals surface area (Å²) in [5.41, 5.74) is -0.384. The summed E-state index contributed by atoms with van der Waals surface area (Å²) < 4.78 is 5.64. The average molecular weight is 240 g/mol. The molecule has 2 aliphatic rings. The molecule has 2 rings (SSSR count). The summed E-state index contributed by atoms with van der Waals surface area (Å²) in [6.45, 7) is 5.48. The normalized spacial score (nSPS) is 42.9. The van der Waals surface area contributed by atoms with Crippen LogP contribution in [0.4, 0.5) is 0 Å². The number of hydrogen-bond acceptors (Lipinski definition) is 2. The molecule has 0 spiro atoms. The van der Waals surface area contributed by atoms with Gasteiger partial charge < -0.3 is 9.84 Å². The second-order valence-corrected chi connectivity index (χ2v) is 6.41. The van der Waals surface area contributed by atoms with Crippen molar-refractivity contribution in [1.82, 2.24) is 0 Å². The summed E-state index contributed by atoms with van der Waals surface area (Å²) in [5, 5.41) is 10.7. The van der Waals surface area contributed by atoms with Gasteiger partial charge in [0.25, 0.3) is 0 Å². The van der Waals surface area contributed by atoms with Gasteiger partial charge in [-0.25, -0.2) is 0 Å². The predicted molar refractivity (Wildman–Crippen MR) is 70.0 cm³/mol. The van der Waals surface area contributed by atoms with Gasteiger partial charge in [0.1, 0.15) is 0 Å². The highest BCUT2D eigenvalue weighted by molar-refractivity contribution is 4.89. The van der Waals surface area contributed by atoms with E-state index in [0.29, 0.717) is 12.0 Å². The number of hydrogen-bond donors (Lipinski definition) is 1. The zero-order chi connectivity index (χ0) is 12.3. The van der Waals surface area contributed by atoms with Gasteiger partial charge in [0.05, 0.1) is 11.7 Å². The van der Waals surface area contributed by atoms with Crippen LogP contribution in [-0.2, 0) is 4.74 Å². The van der Waals surface area contributed by atoms with E-state index in [1.807, 2.05) is 0 Å². The van der Waals surface area contributed by atoms with Gasteiger partial charge in [0.2, 0.25) is 0 Å². The molecule has 17 heavy (non-hydrogen) atoms. The second kappa shape index (κ2) is 5.71. The maximum absolute atomic E-state index is 10.7. The highest BCUT2D eigenvalue weighted by Gasteiger charge is 2.37. The van der Waals surface area contributed by atoms with Gasteiger partial charge >= 0.3 is 0 Å². The van der Waals surface area contributed by atoms with Crippen molar-refractivity contribution in [2.45, 2.75) is 76.9 Å². The smallest absolute Gasteiger partial charge is 0.0673 e. The van der Waals surface area contributed by atoms with E-state index in [9.17, 15) is 5.11 Å². The van der Waals surface area contributed by atoms with Crippen molar-refractivity contribution in [3.05, 3.63) is 0 Å². The van der Waals surface area contributed by atoms with Crippen molar-refractivity contribution in [2.75, 3.05) is 6.61 Å². The lowest BCUT2D eigenvalue weighted by atomic mass is 9.70. The van der Waals surface area contributed by atoms with Gasteiger partial charge in [-0.05, 0) is 63.2 Å². The quantitative estimate of drug-likeness (QED) is 0.814. The van der Waals surface area contributed by atoms with E-state index in [2.05, 4.69) is 13.8 Å². The van der Waals surface area contributed by atoms with Crippen LogP contribution < -0.4 is 0 Å². The van der Waals surface area contributed by atoms with Crippen LogP contribution in [0.25, 0.3) is 0 Å². The first-order chi connectivity index (χ1) is 8.10. The molecule has 0 amide bonds. The Bertz CT molecular complexity index is 235. The van der Waals surface area contributed by atoms with Crippen LogP contribution in [0, 0.1) is 11.8 Å². The predicted octanol–water partition coefficient (Wildman–Crippen LogP) is 3.52. The van der Waals surface area contributed by atoms with Crippen LogP contribution in [0.15, 0.2) is 0 Å². The fourth-order valence-electron chi connectivity index (χ4n) is 3.56. The van der Waals surface area contributed by atoms with Gasteiger partial charge in [-0.1, -0.05) is 13.8 Å². The maximum Gasteiger partial charge on any atom is 0.0673 e. The van der Waals surface area contributed by atoms with E-state index >= 15 is 0 Å². The summed E-state index contributed by atoms with van der Waals surface area (Å²) in [7, 11) is 0. The van der Waals surface area contributed by atoms with Gasteiger partial charge in [0, 0.05) is 6.61 Å². The molecule has 1 heterocycles. The molecule has 0 aromatic carbocycles. The molecule has 1 N–H and O–H groups in total. The van der Waals surface area contributed by atoms with Crippen LogP contribution in [0.2, 0.25) is 0 Å². The molecule has 0 aromatic rings. The molecule has 1 aliphatic heterocycles. The molecule has 100 valence electrons. The monoisotopic (exact) mass is 240 g/mol. The molecule has 4 atom stereocenters. The summed E-state index contributed by atoms with van der Waals surface area (Å²) >= 11 is 0. The molecule has 1 saturated heterocycles. The standard InChI is InChI=1S/C15H28O2/c1-12-7-9-15(16,13(2)11-12)8-3-5-14-6-4-10-17-14/h12-14,16H,3-11H2,1-2H3. The van der Waals surface area contributed by atoms with E-state index in [-0.39, 0.29) is 5.60 Å². The molecule has 0 bridgehead atoms. The zero-order valence-corrected chi connectivity index (χ0v) is 11.5. The molecule has 0 aromatic heterocycles. The van der Waals surface area contributed by atoms with Crippen molar-refractivity contribution < 1.29 is 9.84 Å². The third-order valence-electron chi connectivity index (χ3n) is 4.90. The SMILES string of the molecule is CC1CCC(O)(CCCC2CCCO2)C(C)C1. The molecule has 2 heteroatoms. The lowest BCUT2D eigenvalue weighted by Gasteiger charge is -2.41. The van der Waals surface area contributed by atoms with E-state index in [1.165, 1.54) is 25.7 Å². The average Bonchev–Trinajstić information content (AvgIpc) is 2.78. The second-order valence-electron chi connectivity index (χ2n) is 6.41. The van der Waals surface area contributed by atoms with E-state index in [1.54, 1.807) is 0 Å². The van der Waals surface area contributed by atoms with Gasteiger partial charge in [0.15, 0.2) is 0 Å². The summed E-state index contributed by atoms with van der Waals surface area (Å²) in [6.07, 6.45) is 9.56. The fraction of sp³-hybridized carbons (Fsp3) is 1.00. The summed E-state index contributed by atoms with van der Waals surface area (Å²) in [5.74, 6) is 1.26. The molecule has 2 nitrogen and oxygen atoms in total. The van der Waals surface area contributed by atoms with Gasteiger partial charge in [-0.3, -0.25) is 0 Å². The summed E-state index contributed by atoms with van der Waals surface area (Å²) in [4.78, 5) is 0. The Hall–Kier alpha value is -0.0800. The Balaban J connectivity index is 1.72. The molecule has 0 radical (unpaired) electrons. The van der Waals surface area contributed by atoms with E-state index < -0.39 is 0 Å². The first-order valence-electron chi connectivity index (χ1n) is 7.44. The third kappa shape index (κ3) is 3.45. The molecule has 2 fully saturated rings. The maximum atomic E-state index is 10.7. The highest BCUT2D eigenvalue weighted by Crippen LogP contribution is 2.40. The van der Waals surface area contributed by atoms with Crippen molar-refractivity contribution in [1.29, 1.82) is 0 Å². The lowest BCUT2D eigenvalue weighted by molar-refractivity contribution is -0.0623. The zero-order valence-electron chi connectivity index (χ0n) is 11.5. The number of ether oxygens (including phenoxy) is 1. The molecule has 4 unspecified atom stereocenters. The van der Waals surface area contributed by atoms with Crippen LogP contribution in [0.5, 0.6) is 0 Å². The first kappa shape index (κ1) is 13.4. The minimum atomic E-state index is -0.384. The molecular formula is C15H28O2. The highest BCUT2D eigenvalue weighted by atomic mass is 16.5. The Morgan fingerprint density at radius 3 is 2.76 bits per heavy atom. The summed E-state index contributed by atoms with van der Waals surface area (Å²) in [6, 6.07) is 0. The van der Waals surface area contributed by atoms with Gasteiger partial charge in [-0.2, -0.15) is 0 Å². The Kier molecular flexibility index (Phi) is 4.48. The Labute approximate surface area is 106 Å². The number of aliphatic hydroxyl groups is 1. The van der Waals surface area contributed by atoms with Crippen molar-refractivity contribution >= 4 is 0 Å². The van der Waals surface area contributed by atoms with Crippen molar-refractivity contribution in [2.24, 2.45) is 11.8 Å². The largest absolute Gasteiger partial charge is 0.390 e. The van der Waals surface area contributed by atoms with Crippen molar-refractivity contribution in [3.63, 3.8) is 0 Å². The molecule has 1 saturated carbocycles. The topological polar surface area (TPSA) is 29.5 Å². The van der Waals surface area contributed by atoms with Crippen molar-refractivity contribution in [3.8, 4) is 0 Å². The van der Waals surface area contributed by atoms with E-state index in [4.69, 9.17) is 4.74 Å². The Morgan fingerprint density at radius 2 is 2.12 bits per heavy atom. The fourth-order valence-corrected chi connectivity index (χ4v) is 3.56. The minimum absolute atomic E-state index is 0.384.